The third-order valence-electron chi connectivity index (χ3n) is 6.70. The minimum Gasteiger partial charge on any atom is -0.496 e. The van der Waals surface area contributed by atoms with Gasteiger partial charge in [-0.1, -0.05) is 6.07 Å². The Hall–Kier alpha value is -4.39. The maximum atomic E-state index is 12.6. The van der Waals surface area contributed by atoms with E-state index in [1.165, 1.54) is 7.11 Å². The maximum absolute atomic E-state index is 12.6. The molecule has 2 aromatic carbocycles. The van der Waals surface area contributed by atoms with E-state index in [-0.39, 0.29) is 18.6 Å². The van der Waals surface area contributed by atoms with E-state index < -0.39 is 5.60 Å². The third kappa shape index (κ3) is 5.93. The zero-order valence-corrected chi connectivity index (χ0v) is 22.7. The lowest BCUT2D eigenvalue weighted by molar-refractivity contribution is 0.0254. The van der Waals surface area contributed by atoms with Gasteiger partial charge in [0.1, 0.15) is 34.9 Å². The van der Waals surface area contributed by atoms with Crippen molar-refractivity contribution in [3.05, 3.63) is 65.9 Å². The summed E-state index contributed by atoms with van der Waals surface area (Å²) in [5, 5.41) is 22.5. The number of hydrogen-bond acceptors (Lipinski definition) is 8. The first-order valence-corrected chi connectivity index (χ1v) is 13.1. The van der Waals surface area contributed by atoms with Gasteiger partial charge in [-0.15, -0.1) is 0 Å². The van der Waals surface area contributed by atoms with Gasteiger partial charge < -0.3 is 29.1 Å². The lowest BCUT2D eigenvalue weighted by Gasteiger charge is -2.23. The molecule has 2 N–H and O–H groups in total. The van der Waals surface area contributed by atoms with Crippen molar-refractivity contribution >= 4 is 17.0 Å². The summed E-state index contributed by atoms with van der Waals surface area (Å²) in [5.41, 5.74) is 3.26. The number of carbonyl (C=O) groups is 1. The Bertz CT molecular complexity index is 1570. The number of nitrogens with one attached hydrogen (secondary N) is 1. The SMILES string of the molecule is COc1cc(C(=O)NCC(C)(C)O)ccc1-c1cc2nccc(-c3ccc(OC4CCOCC4)c(C#N)c3)c2o1. The molecule has 0 saturated carbocycles. The second kappa shape index (κ2) is 11.4. The van der Waals surface area contributed by atoms with E-state index in [0.717, 1.165) is 24.0 Å². The molecule has 0 bridgehead atoms. The number of benzene rings is 2. The molecule has 0 aliphatic carbocycles. The van der Waals surface area contributed by atoms with Gasteiger partial charge in [-0.3, -0.25) is 9.78 Å². The number of ether oxygens (including phenoxy) is 3. The van der Waals surface area contributed by atoms with E-state index in [9.17, 15) is 15.2 Å². The molecule has 4 aromatic rings. The molecule has 0 unspecified atom stereocenters. The van der Waals surface area contributed by atoms with Crippen molar-refractivity contribution in [2.45, 2.75) is 38.4 Å². The Morgan fingerprint density at radius 3 is 2.65 bits per heavy atom. The first kappa shape index (κ1) is 27.2. The summed E-state index contributed by atoms with van der Waals surface area (Å²) in [5.74, 6) is 1.21. The van der Waals surface area contributed by atoms with Gasteiger partial charge in [-0.25, -0.2) is 0 Å². The van der Waals surface area contributed by atoms with E-state index in [1.54, 1.807) is 44.3 Å². The van der Waals surface area contributed by atoms with Crippen LogP contribution in [0, 0.1) is 11.3 Å². The first-order valence-electron chi connectivity index (χ1n) is 13.1. The molecule has 1 aliphatic heterocycles. The molecule has 0 spiro atoms. The summed E-state index contributed by atoms with van der Waals surface area (Å²) in [6.07, 6.45) is 3.31. The summed E-state index contributed by atoms with van der Waals surface area (Å²) in [6.45, 7) is 4.67. The van der Waals surface area contributed by atoms with Crippen LogP contribution < -0.4 is 14.8 Å². The lowest BCUT2D eigenvalue weighted by Crippen LogP contribution is -2.38. The molecule has 1 aliphatic rings. The smallest absolute Gasteiger partial charge is 0.251 e. The zero-order valence-electron chi connectivity index (χ0n) is 22.7. The van der Waals surface area contributed by atoms with Crippen molar-refractivity contribution in [1.29, 1.82) is 5.26 Å². The number of fused-ring (bicyclic) bond motifs is 1. The average molecular weight is 542 g/mol. The van der Waals surface area contributed by atoms with Crippen LogP contribution in [0.25, 0.3) is 33.6 Å². The normalized spacial score (nSPS) is 14.1. The van der Waals surface area contributed by atoms with Gasteiger partial charge in [0.2, 0.25) is 0 Å². The van der Waals surface area contributed by atoms with Crippen LogP contribution in [0.5, 0.6) is 11.5 Å². The fourth-order valence-corrected chi connectivity index (χ4v) is 4.59. The van der Waals surface area contributed by atoms with Gasteiger partial charge in [0.05, 0.1) is 37.1 Å². The van der Waals surface area contributed by atoms with Gasteiger partial charge in [-0.2, -0.15) is 5.26 Å². The summed E-state index contributed by atoms with van der Waals surface area (Å²) in [6, 6.07) is 16.5. The topological polar surface area (TPSA) is 127 Å². The number of nitriles is 1. The van der Waals surface area contributed by atoms with E-state index in [4.69, 9.17) is 18.6 Å². The molecule has 5 rings (SSSR count). The standard InChI is InChI=1S/C31H31N3O6/c1-31(2,36)18-34-30(35)20-4-6-24(27(15-20)37-3)28-16-25-29(40-28)23(8-11-33-25)19-5-7-26(21(14-19)17-32)39-22-9-12-38-13-10-22/h4-8,11,14-16,22,36H,9-10,12-13,18H2,1-3H3,(H,34,35). The van der Waals surface area contributed by atoms with Crippen molar-refractivity contribution in [2.75, 3.05) is 26.9 Å². The molecule has 1 amide bonds. The molecule has 3 heterocycles. The molecule has 1 saturated heterocycles. The minimum atomic E-state index is -1.02. The highest BCUT2D eigenvalue weighted by molar-refractivity contribution is 5.96. The van der Waals surface area contributed by atoms with Gasteiger partial charge >= 0.3 is 0 Å². The van der Waals surface area contributed by atoms with Crippen molar-refractivity contribution in [2.24, 2.45) is 0 Å². The highest BCUT2D eigenvalue weighted by Gasteiger charge is 2.21. The predicted molar refractivity (Wildman–Crippen MR) is 149 cm³/mol. The molecule has 9 nitrogen and oxygen atoms in total. The van der Waals surface area contributed by atoms with Gasteiger partial charge in [-0.05, 0) is 55.8 Å². The number of aliphatic hydroxyl groups is 1. The van der Waals surface area contributed by atoms with E-state index in [1.807, 2.05) is 24.3 Å². The Kier molecular flexibility index (Phi) is 7.74. The zero-order chi connectivity index (χ0) is 28.3. The van der Waals surface area contributed by atoms with Crippen LogP contribution in [0.4, 0.5) is 0 Å². The molecule has 0 atom stereocenters. The van der Waals surface area contributed by atoms with E-state index in [0.29, 0.717) is 58.3 Å². The van der Waals surface area contributed by atoms with Crippen molar-refractivity contribution in [3.63, 3.8) is 0 Å². The minimum absolute atomic E-state index is 0.0286. The molecule has 40 heavy (non-hydrogen) atoms. The quantitative estimate of drug-likeness (QED) is 0.315. The van der Waals surface area contributed by atoms with Crippen LogP contribution in [0.1, 0.15) is 42.6 Å². The highest BCUT2D eigenvalue weighted by atomic mass is 16.5. The molecular formula is C31H31N3O6. The van der Waals surface area contributed by atoms with Gasteiger partial charge in [0, 0.05) is 42.8 Å². The first-order chi connectivity index (χ1) is 19.3. The molecule has 9 heteroatoms. The highest BCUT2D eigenvalue weighted by Crippen LogP contribution is 2.38. The number of hydrogen-bond donors (Lipinski definition) is 2. The fourth-order valence-electron chi connectivity index (χ4n) is 4.59. The Morgan fingerprint density at radius 2 is 1.93 bits per heavy atom. The number of furan rings is 1. The predicted octanol–water partition coefficient (Wildman–Crippen LogP) is 5.10. The second-order valence-electron chi connectivity index (χ2n) is 10.3. The Labute approximate surface area is 232 Å². The molecule has 0 radical (unpaired) electrons. The summed E-state index contributed by atoms with van der Waals surface area (Å²) in [7, 11) is 1.52. The van der Waals surface area contributed by atoms with Crippen molar-refractivity contribution in [1.82, 2.24) is 10.3 Å². The number of pyridine rings is 1. The summed E-state index contributed by atoms with van der Waals surface area (Å²) in [4.78, 5) is 17.1. The number of rotatable bonds is 8. The molecule has 2 aromatic heterocycles. The number of nitrogens with zero attached hydrogens (tertiary/aromatic N) is 2. The lowest BCUT2D eigenvalue weighted by atomic mass is 10.0. The second-order valence-corrected chi connectivity index (χ2v) is 10.3. The Balaban J connectivity index is 1.45. The largest absolute Gasteiger partial charge is 0.496 e. The van der Waals surface area contributed by atoms with Crippen LogP contribution in [0.2, 0.25) is 0 Å². The number of amides is 1. The van der Waals surface area contributed by atoms with Crippen LogP contribution in [0.15, 0.2) is 59.1 Å². The number of carbonyl (C=O) groups excluding carboxylic acids is 1. The third-order valence-corrected chi connectivity index (χ3v) is 6.70. The van der Waals surface area contributed by atoms with Crippen molar-refractivity contribution < 1.29 is 28.5 Å². The van der Waals surface area contributed by atoms with Crippen LogP contribution in [-0.2, 0) is 4.74 Å². The average Bonchev–Trinajstić information content (AvgIpc) is 3.40. The summed E-state index contributed by atoms with van der Waals surface area (Å²) < 4.78 is 23.4. The van der Waals surface area contributed by atoms with Crippen LogP contribution in [-0.4, -0.2) is 54.6 Å². The summed E-state index contributed by atoms with van der Waals surface area (Å²) >= 11 is 0. The van der Waals surface area contributed by atoms with Crippen LogP contribution >= 0.6 is 0 Å². The van der Waals surface area contributed by atoms with E-state index in [2.05, 4.69) is 16.4 Å². The van der Waals surface area contributed by atoms with Gasteiger partial charge in [0.25, 0.3) is 5.91 Å². The Morgan fingerprint density at radius 1 is 1.12 bits per heavy atom. The molecule has 1 fully saturated rings. The fraction of sp³-hybridized carbons (Fsp3) is 0.323. The monoisotopic (exact) mass is 541 g/mol. The number of aromatic nitrogens is 1. The van der Waals surface area contributed by atoms with Gasteiger partial charge in [0.15, 0.2) is 5.58 Å². The molecule has 206 valence electrons. The van der Waals surface area contributed by atoms with Crippen LogP contribution in [0.3, 0.4) is 0 Å². The molecular weight excluding hydrogens is 510 g/mol. The maximum Gasteiger partial charge on any atom is 0.251 e. The van der Waals surface area contributed by atoms with E-state index >= 15 is 0 Å². The number of methoxy groups -OCH3 is 1. The van der Waals surface area contributed by atoms with Crippen molar-refractivity contribution in [3.8, 4) is 40.0 Å².